The lowest BCUT2D eigenvalue weighted by Gasteiger charge is -2.37. The van der Waals surface area contributed by atoms with E-state index in [4.69, 9.17) is 5.11 Å². The number of aliphatic carboxylic acids is 1. The number of likely N-dealkylation sites (tertiary alicyclic amines) is 2. The maximum Gasteiger partial charge on any atom is 0.308 e. The van der Waals surface area contributed by atoms with Crippen LogP contribution in [0.5, 0.6) is 0 Å². The van der Waals surface area contributed by atoms with Crippen molar-refractivity contribution in [3.05, 3.63) is 35.9 Å². The Labute approximate surface area is 130 Å². The number of piperidine rings is 1. The number of hydrogen-bond donors (Lipinski definition) is 1. The summed E-state index contributed by atoms with van der Waals surface area (Å²) in [5.74, 6) is -1.39. The van der Waals surface area contributed by atoms with Crippen LogP contribution in [0.4, 0.5) is 0 Å². The van der Waals surface area contributed by atoms with Crippen LogP contribution in [-0.4, -0.2) is 52.5 Å². The van der Waals surface area contributed by atoms with Gasteiger partial charge in [-0.05, 0) is 24.9 Å². The Bertz CT molecular complexity index is 546. The number of rotatable bonds is 4. The molecule has 0 radical (unpaired) electrons. The molecule has 2 aliphatic rings. The molecule has 1 amide bonds. The number of nitrogens with zero attached hydrogens (tertiary/aromatic N) is 2. The summed E-state index contributed by atoms with van der Waals surface area (Å²) in [5.41, 5.74) is 1.28. The number of carboxylic acid groups (broad SMARTS) is 1. The minimum Gasteiger partial charge on any atom is -0.481 e. The van der Waals surface area contributed by atoms with E-state index in [9.17, 15) is 9.59 Å². The van der Waals surface area contributed by atoms with Gasteiger partial charge in [0.05, 0.1) is 5.92 Å². The van der Waals surface area contributed by atoms with Crippen molar-refractivity contribution in [3.63, 3.8) is 0 Å². The SMILES string of the molecule is O=C(O)C1CC(=O)N(C2CCCN(Cc3ccccc3)C2)C1. The van der Waals surface area contributed by atoms with Gasteiger partial charge in [-0.1, -0.05) is 30.3 Å². The zero-order valence-corrected chi connectivity index (χ0v) is 12.6. The fraction of sp³-hybridized carbons (Fsp3) is 0.529. The van der Waals surface area contributed by atoms with Gasteiger partial charge >= 0.3 is 5.97 Å². The highest BCUT2D eigenvalue weighted by atomic mass is 16.4. The van der Waals surface area contributed by atoms with Crippen molar-refractivity contribution in [3.8, 4) is 0 Å². The second-order valence-electron chi connectivity index (χ2n) is 6.30. The molecular formula is C17H22N2O3. The van der Waals surface area contributed by atoms with Gasteiger partial charge in [0.25, 0.3) is 0 Å². The Morgan fingerprint density at radius 2 is 2.00 bits per heavy atom. The van der Waals surface area contributed by atoms with E-state index in [0.29, 0.717) is 6.54 Å². The molecule has 22 heavy (non-hydrogen) atoms. The fourth-order valence-corrected chi connectivity index (χ4v) is 3.52. The molecule has 3 rings (SSSR count). The van der Waals surface area contributed by atoms with E-state index < -0.39 is 11.9 Å². The molecule has 0 bridgehead atoms. The zero-order valence-electron chi connectivity index (χ0n) is 12.6. The van der Waals surface area contributed by atoms with Crippen molar-refractivity contribution in [2.45, 2.75) is 31.8 Å². The van der Waals surface area contributed by atoms with E-state index in [1.54, 1.807) is 4.90 Å². The van der Waals surface area contributed by atoms with Crippen molar-refractivity contribution in [2.24, 2.45) is 5.92 Å². The van der Waals surface area contributed by atoms with Gasteiger partial charge in [0.15, 0.2) is 0 Å². The van der Waals surface area contributed by atoms with Gasteiger partial charge in [0.1, 0.15) is 0 Å². The summed E-state index contributed by atoms with van der Waals surface area (Å²) in [6.07, 6.45) is 2.19. The molecule has 2 atom stereocenters. The quantitative estimate of drug-likeness (QED) is 0.917. The predicted octanol–water partition coefficient (Wildman–Crippen LogP) is 1.58. The average molecular weight is 302 g/mol. The van der Waals surface area contributed by atoms with E-state index in [-0.39, 0.29) is 18.4 Å². The molecule has 0 aromatic heterocycles. The molecule has 2 aliphatic heterocycles. The summed E-state index contributed by atoms with van der Waals surface area (Å²) in [7, 11) is 0. The van der Waals surface area contributed by atoms with Crippen molar-refractivity contribution < 1.29 is 14.7 Å². The van der Waals surface area contributed by atoms with Gasteiger partial charge in [-0.3, -0.25) is 14.5 Å². The number of amides is 1. The van der Waals surface area contributed by atoms with Crippen LogP contribution in [0.3, 0.4) is 0 Å². The number of carbonyl (C=O) groups excluding carboxylic acids is 1. The summed E-state index contributed by atoms with van der Waals surface area (Å²) in [5, 5.41) is 9.10. The third-order valence-electron chi connectivity index (χ3n) is 4.68. The van der Waals surface area contributed by atoms with Crippen LogP contribution in [0.1, 0.15) is 24.8 Å². The largest absolute Gasteiger partial charge is 0.481 e. The highest BCUT2D eigenvalue weighted by Gasteiger charge is 2.39. The van der Waals surface area contributed by atoms with E-state index in [0.717, 1.165) is 32.5 Å². The molecule has 118 valence electrons. The number of hydrogen-bond acceptors (Lipinski definition) is 3. The molecule has 0 spiro atoms. The van der Waals surface area contributed by atoms with Gasteiger partial charge in [-0.15, -0.1) is 0 Å². The summed E-state index contributed by atoms with van der Waals surface area (Å²) in [6, 6.07) is 10.5. The third-order valence-corrected chi connectivity index (χ3v) is 4.68. The second-order valence-corrected chi connectivity index (χ2v) is 6.30. The van der Waals surface area contributed by atoms with Crippen LogP contribution in [0.2, 0.25) is 0 Å². The first-order chi connectivity index (χ1) is 10.6. The topological polar surface area (TPSA) is 60.9 Å². The van der Waals surface area contributed by atoms with Gasteiger partial charge in [-0.2, -0.15) is 0 Å². The monoisotopic (exact) mass is 302 g/mol. The molecule has 1 N–H and O–H groups in total. The second kappa shape index (κ2) is 6.48. The maximum absolute atomic E-state index is 12.1. The van der Waals surface area contributed by atoms with Crippen molar-refractivity contribution in [2.75, 3.05) is 19.6 Å². The summed E-state index contributed by atoms with van der Waals surface area (Å²) in [4.78, 5) is 27.4. The first-order valence-electron chi connectivity index (χ1n) is 7.92. The molecule has 2 fully saturated rings. The molecular weight excluding hydrogens is 280 g/mol. The highest BCUT2D eigenvalue weighted by Crippen LogP contribution is 2.25. The minimum atomic E-state index is -0.854. The van der Waals surface area contributed by atoms with Gasteiger partial charge in [-0.25, -0.2) is 0 Å². The highest BCUT2D eigenvalue weighted by molar-refractivity contribution is 5.86. The molecule has 2 unspecified atom stereocenters. The summed E-state index contributed by atoms with van der Waals surface area (Å²) >= 11 is 0. The van der Waals surface area contributed by atoms with Crippen molar-refractivity contribution in [1.82, 2.24) is 9.80 Å². The first-order valence-corrected chi connectivity index (χ1v) is 7.92. The lowest BCUT2D eigenvalue weighted by Crippen LogP contribution is -2.48. The molecule has 5 nitrogen and oxygen atoms in total. The van der Waals surface area contributed by atoms with E-state index in [1.807, 2.05) is 18.2 Å². The normalized spacial score (nSPS) is 26.4. The average Bonchev–Trinajstić information content (AvgIpc) is 2.91. The molecule has 1 aromatic rings. The first kappa shape index (κ1) is 15.0. The molecule has 0 saturated carbocycles. The Morgan fingerprint density at radius 1 is 1.23 bits per heavy atom. The van der Waals surface area contributed by atoms with Crippen LogP contribution in [0, 0.1) is 5.92 Å². The predicted molar refractivity (Wildman–Crippen MR) is 82.2 cm³/mol. The van der Waals surface area contributed by atoms with Crippen molar-refractivity contribution >= 4 is 11.9 Å². The fourth-order valence-electron chi connectivity index (χ4n) is 3.52. The zero-order chi connectivity index (χ0) is 15.5. The van der Waals surface area contributed by atoms with Gasteiger partial charge in [0.2, 0.25) is 5.91 Å². The number of benzene rings is 1. The third kappa shape index (κ3) is 3.30. The van der Waals surface area contributed by atoms with E-state index in [2.05, 4.69) is 17.0 Å². The molecule has 5 heteroatoms. The molecule has 0 aliphatic carbocycles. The van der Waals surface area contributed by atoms with Crippen LogP contribution < -0.4 is 0 Å². The molecule has 2 heterocycles. The lowest BCUT2D eigenvalue weighted by molar-refractivity contribution is -0.141. The van der Waals surface area contributed by atoms with Crippen LogP contribution in [0.15, 0.2) is 30.3 Å². The number of carboxylic acids is 1. The molecule has 2 saturated heterocycles. The standard InChI is InChI=1S/C17H22N2O3/c20-16-9-14(17(21)22)11-19(16)15-7-4-8-18(12-15)10-13-5-2-1-3-6-13/h1-3,5-6,14-15H,4,7-12H2,(H,21,22). The van der Waals surface area contributed by atoms with Gasteiger partial charge < -0.3 is 10.0 Å². The van der Waals surface area contributed by atoms with Crippen LogP contribution >= 0.6 is 0 Å². The minimum absolute atomic E-state index is 0.000962. The maximum atomic E-state index is 12.1. The number of carbonyl (C=O) groups is 2. The van der Waals surface area contributed by atoms with Crippen LogP contribution in [0.25, 0.3) is 0 Å². The Kier molecular flexibility index (Phi) is 4.43. The lowest BCUT2D eigenvalue weighted by atomic mass is 10.0. The van der Waals surface area contributed by atoms with Crippen LogP contribution in [-0.2, 0) is 16.1 Å². The Hall–Kier alpha value is -1.88. The molecule has 1 aromatic carbocycles. The Balaban J connectivity index is 1.61. The van der Waals surface area contributed by atoms with E-state index >= 15 is 0 Å². The van der Waals surface area contributed by atoms with Crippen molar-refractivity contribution in [1.29, 1.82) is 0 Å². The summed E-state index contributed by atoms with van der Waals surface area (Å²) in [6.45, 7) is 3.14. The Morgan fingerprint density at radius 3 is 2.68 bits per heavy atom. The van der Waals surface area contributed by atoms with Gasteiger partial charge in [0, 0.05) is 32.1 Å². The smallest absolute Gasteiger partial charge is 0.308 e. The summed E-state index contributed by atoms with van der Waals surface area (Å²) < 4.78 is 0. The van der Waals surface area contributed by atoms with E-state index in [1.165, 1.54) is 5.56 Å².